The Morgan fingerprint density at radius 3 is 2.59 bits per heavy atom. The van der Waals surface area contributed by atoms with Crippen LogP contribution in [-0.2, 0) is 5.60 Å². The Morgan fingerprint density at radius 1 is 1.29 bits per heavy atom. The first kappa shape index (κ1) is 12.1. The molecule has 3 nitrogen and oxygen atoms in total. The van der Waals surface area contributed by atoms with Crippen molar-refractivity contribution in [2.45, 2.75) is 19.4 Å². The minimum Gasteiger partial charge on any atom is -0.497 e. The first-order valence-corrected chi connectivity index (χ1v) is 5.76. The second-order valence-corrected chi connectivity index (χ2v) is 4.93. The average Bonchev–Trinajstić information content (AvgIpc) is 2.26. The molecule has 1 aromatic carbocycles. The quantitative estimate of drug-likeness (QED) is 0.804. The van der Waals surface area contributed by atoms with E-state index in [1.165, 1.54) is 0 Å². The molecule has 0 spiro atoms. The summed E-state index contributed by atoms with van der Waals surface area (Å²) >= 11 is 5.24. The van der Waals surface area contributed by atoms with Crippen molar-refractivity contribution in [3.05, 3.63) is 34.5 Å². The van der Waals surface area contributed by atoms with Crippen molar-refractivity contribution < 1.29 is 9.84 Å². The number of methoxy groups -OCH3 is 1. The van der Waals surface area contributed by atoms with Gasteiger partial charge in [-0.2, -0.15) is 0 Å². The molecule has 1 heterocycles. The van der Waals surface area contributed by atoms with E-state index >= 15 is 0 Å². The maximum Gasteiger partial charge on any atom is 0.119 e. The number of rotatable bonds is 2. The number of aliphatic hydroxyl groups is 1. The van der Waals surface area contributed by atoms with Crippen molar-refractivity contribution in [1.29, 1.82) is 0 Å². The van der Waals surface area contributed by atoms with Gasteiger partial charge in [0, 0.05) is 16.5 Å². The Morgan fingerprint density at radius 2 is 2.00 bits per heavy atom. The summed E-state index contributed by atoms with van der Waals surface area (Å²) in [5.41, 5.74) is 0.697. The zero-order valence-electron chi connectivity index (χ0n) is 10.1. The minimum atomic E-state index is -0.954. The number of H-pyrrole nitrogens is 1. The molecule has 4 heteroatoms. The summed E-state index contributed by atoms with van der Waals surface area (Å²) in [5.74, 6) is 0.782. The first-order chi connectivity index (χ1) is 7.91. The molecule has 2 N–H and O–H groups in total. The third kappa shape index (κ3) is 2.33. The van der Waals surface area contributed by atoms with Gasteiger partial charge in [-0.15, -0.1) is 0 Å². The molecule has 0 saturated heterocycles. The molecule has 0 bridgehead atoms. The number of fused-ring (bicyclic) bond motifs is 1. The molecule has 1 aromatic heterocycles. The van der Waals surface area contributed by atoms with Gasteiger partial charge in [-0.05, 0) is 38.1 Å². The number of pyridine rings is 1. The lowest BCUT2D eigenvalue weighted by Crippen LogP contribution is -2.16. The number of aromatic nitrogens is 1. The van der Waals surface area contributed by atoms with E-state index in [0.717, 1.165) is 16.7 Å². The third-order valence-electron chi connectivity index (χ3n) is 2.71. The van der Waals surface area contributed by atoms with Gasteiger partial charge in [-0.1, -0.05) is 12.2 Å². The molecule has 17 heavy (non-hydrogen) atoms. The molecule has 0 fully saturated rings. The van der Waals surface area contributed by atoms with E-state index in [0.29, 0.717) is 10.2 Å². The number of benzene rings is 1. The van der Waals surface area contributed by atoms with E-state index in [1.54, 1.807) is 21.0 Å². The van der Waals surface area contributed by atoms with Gasteiger partial charge in [-0.25, -0.2) is 0 Å². The van der Waals surface area contributed by atoms with E-state index in [1.807, 2.05) is 24.3 Å². The van der Waals surface area contributed by atoms with Crippen LogP contribution in [0.5, 0.6) is 5.75 Å². The van der Waals surface area contributed by atoms with Gasteiger partial charge in [0.1, 0.15) is 10.4 Å². The second kappa shape index (κ2) is 4.13. The number of hydrogen-bond acceptors (Lipinski definition) is 3. The smallest absolute Gasteiger partial charge is 0.119 e. The fraction of sp³-hybridized carbons (Fsp3) is 0.308. The zero-order valence-corrected chi connectivity index (χ0v) is 10.9. The first-order valence-electron chi connectivity index (χ1n) is 5.36. The molecule has 0 radical (unpaired) electrons. The fourth-order valence-electron chi connectivity index (χ4n) is 1.77. The van der Waals surface area contributed by atoms with E-state index in [-0.39, 0.29) is 0 Å². The van der Waals surface area contributed by atoms with Crippen molar-refractivity contribution in [3.8, 4) is 5.75 Å². The summed E-state index contributed by atoms with van der Waals surface area (Å²) in [6.07, 6.45) is 0. The lowest BCUT2D eigenvalue weighted by atomic mass is 9.99. The molecular formula is C13H15NO2S. The van der Waals surface area contributed by atoms with Crippen LogP contribution in [0.3, 0.4) is 0 Å². The molecule has 0 atom stereocenters. The van der Waals surface area contributed by atoms with Crippen LogP contribution in [0.1, 0.15) is 19.4 Å². The Bertz CT molecular complexity index is 611. The van der Waals surface area contributed by atoms with Crippen LogP contribution < -0.4 is 4.74 Å². The van der Waals surface area contributed by atoms with Gasteiger partial charge < -0.3 is 14.8 Å². The van der Waals surface area contributed by atoms with Crippen LogP contribution in [0.2, 0.25) is 0 Å². The van der Waals surface area contributed by atoms with Gasteiger partial charge in [-0.3, -0.25) is 0 Å². The van der Waals surface area contributed by atoms with Crippen molar-refractivity contribution in [2.75, 3.05) is 7.11 Å². The molecule has 90 valence electrons. The number of hydrogen-bond donors (Lipinski definition) is 2. The van der Waals surface area contributed by atoms with Crippen LogP contribution >= 0.6 is 12.2 Å². The predicted molar refractivity (Wildman–Crippen MR) is 70.9 cm³/mol. The zero-order chi connectivity index (χ0) is 12.6. The molecule has 0 amide bonds. The van der Waals surface area contributed by atoms with Crippen molar-refractivity contribution in [3.63, 3.8) is 0 Å². The minimum absolute atomic E-state index is 0.565. The van der Waals surface area contributed by atoms with E-state index in [9.17, 15) is 5.11 Å². The number of aromatic amines is 1. The van der Waals surface area contributed by atoms with E-state index in [2.05, 4.69) is 4.98 Å². The van der Waals surface area contributed by atoms with Crippen LogP contribution in [0, 0.1) is 4.64 Å². The molecule has 0 aliphatic heterocycles. The van der Waals surface area contributed by atoms with Crippen LogP contribution in [-0.4, -0.2) is 17.2 Å². The second-order valence-electron chi connectivity index (χ2n) is 4.52. The van der Waals surface area contributed by atoms with Gasteiger partial charge in [0.15, 0.2) is 0 Å². The van der Waals surface area contributed by atoms with Gasteiger partial charge in [0.25, 0.3) is 0 Å². The maximum absolute atomic E-state index is 10.0. The SMILES string of the molecule is COc1ccc2[nH]c(=S)c(C(C)(C)O)cc2c1. The molecule has 0 unspecified atom stereocenters. The highest BCUT2D eigenvalue weighted by atomic mass is 32.1. The predicted octanol–water partition coefficient (Wildman–Crippen LogP) is 3.13. The topological polar surface area (TPSA) is 45.2 Å². The number of ether oxygens (including phenoxy) is 1. The van der Waals surface area contributed by atoms with Crippen molar-refractivity contribution in [2.24, 2.45) is 0 Å². The Hall–Kier alpha value is -1.39. The summed E-state index contributed by atoms with van der Waals surface area (Å²) in [7, 11) is 1.63. The van der Waals surface area contributed by atoms with E-state index in [4.69, 9.17) is 17.0 Å². The van der Waals surface area contributed by atoms with Crippen molar-refractivity contribution in [1.82, 2.24) is 4.98 Å². The highest BCUT2D eigenvalue weighted by Crippen LogP contribution is 2.26. The molecule has 0 aliphatic carbocycles. The molecular weight excluding hydrogens is 234 g/mol. The monoisotopic (exact) mass is 249 g/mol. The molecule has 0 aliphatic rings. The standard InChI is InChI=1S/C13H15NO2S/c1-13(2,15)10-7-8-6-9(16-3)4-5-11(8)14-12(10)17/h4-7,15H,1-3H3,(H,14,17). The normalized spacial score (nSPS) is 11.8. The largest absolute Gasteiger partial charge is 0.497 e. The summed E-state index contributed by atoms with van der Waals surface area (Å²) in [5, 5.41) is 11.0. The van der Waals surface area contributed by atoms with Crippen LogP contribution in [0.4, 0.5) is 0 Å². The average molecular weight is 249 g/mol. The Labute approximate surface area is 105 Å². The fourth-order valence-corrected chi connectivity index (χ4v) is 2.18. The lowest BCUT2D eigenvalue weighted by Gasteiger charge is -2.18. The summed E-state index contributed by atoms with van der Waals surface area (Å²) in [4.78, 5) is 3.12. The van der Waals surface area contributed by atoms with Gasteiger partial charge in [0.2, 0.25) is 0 Å². The maximum atomic E-state index is 10.0. The van der Waals surface area contributed by atoms with Gasteiger partial charge >= 0.3 is 0 Å². The summed E-state index contributed by atoms with van der Waals surface area (Å²) < 4.78 is 5.74. The van der Waals surface area contributed by atoms with Crippen molar-refractivity contribution >= 4 is 23.1 Å². The summed E-state index contributed by atoms with van der Waals surface area (Å²) in [6.45, 7) is 3.44. The lowest BCUT2D eigenvalue weighted by molar-refractivity contribution is 0.0779. The highest BCUT2D eigenvalue weighted by Gasteiger charge is 2.18. The Kier molecular flexibility index (Phi) is 2.93. The molecule has 0 saturated carbocycles. The molecule has 2 aromatic rings. The third-order valence-corrected chi connectivity index (χ3v) is 3.03. The summed E-state index contributed by atoms with van der Waals surface area (Å²) in [6, 6.07) is 7.60. The molecule has 2 rings (SSSR count). The van der Waals surface area contributed by atoms with Crippen LogP contribution in [0.25, 0.3) is 10.9 Å². The Balaban J connectivity index is 2.73. The highest BCUT2D eigenvalue weighted by molar-refractivity contribution is 7.71. The van der Waals surface area contributed by atoms with E-state index < -0.39 is 5.60 Å². The number of nitrogens with one attached hydrogen (secondary N) is 1. The van der Waals surface area contributed by atoms with Crippen LogP contribution in [0.15, 0.2) is 24.3 Å². The van der Waals surface area contributed by atoms with Gasteiger partial charge in [0.05, 0.1) is 12.7 Å².